The second-order valence-corrected chi connectivity index (χ2v) is 7.19. The molecule has 6 heteroatoms. The van der Waals surface area contributed by atoms with Gasteiger partial charge in [-0.25, -0.2) is 14.4 Å². The van der Waals surface area contributed by atoms with Crippen LogP contribution >= 0.6 is 11.3 Å². The minimum atomic E-state index is -0.215. The van der Waals surface area contributed by atoms with Crippen LogP contribution in [0.2, 0.25) is 0 Å². The van der Waals surface area contributed by atoms with Crippen molar-refractivity contribution in [2.45, 2.75) is 6.42 Å². The molecule has 24 heavy (non-hydrogen) atoms. The number of quaternary nitrogens is 1. The van der Waals surface area contributed by atoms with E-state index in [1.165, 1.54) is 18.7 Å². The lowest BCUT2D eigenvalue weighted by molar-refractivity contribution is -0.876. The molecule has 1 aliphatic heterocycles. The van der Waals surface area contributed by atoms with E-state index >= 15 is 0 Å². The Hall–Kier alpha value is -2.05. The Morgan fingerprint density at radius 3 is 2.79 bits per heavy atom. The van der Waals surface area contributed by atoms with Gasteiger partial charge in [-0.3, -0.25) is 0 Å². The van der Waals surface area contributed by atoms with Crippen molar-refractivity contribution in [3.05, 3.63) is 41.8 Å². The third kappa shape index (κ3) is 2.87. The lowest BCUT2D eigenvalue weighted by Crippen LogP contribution is -3.09. The van der Waals surface area contributed by atoms with E-state index in [1.807, 2.05) is 12.1 Å². The summed E-state index contributed by atoms with van der Waals surface area (Å²) in [6.07, 6.45) is 2.82. The zero-order chi connectivity index (χ0) is 16.5. The number of thiophene rings is 1. The molecular weight excluding hydrogens is 323 g/mol. The van der Waals surface area contributed by atoms with Crippen LogP contribution in [0.1, 0.15) is 6.42 Å². The predicted molar refractivity (Wildman–Crippen MR) is 96.3 cm³/mol. The number of fused-ring (bicyclic) bond motifs is 1. The molecule has 4 nitrogen and oxygen atoms in total. The van der Waals surface area contributed by atoms with Gasteiger partial charge < -0.3 is 9.80 Å². The van der Waals surface area contributed by atoms with E-state index in [1.54, 1.807) is 22.6 Å². The van der Waals surface area contributed by atoms with Crippen LogP contribution in [-0.4, -0.2) is 43.2 Å². The average molecular weight is 343 g/mol. The standard InChI is InChI=1S/C18H19FN4S/c1-22-7-2-8-23(10-9-22)17-16-15(11-24-18(16)21-12-20-17)13-3-5-14(19)6-4-13/h3-6,11-12H,2,7-10H2,1H3/p+1. The number of nitrogens with zero attached hydrogens (tertiary/aromatic N) is 3. The van der Waals surface area contributed by atoms with Gasteiger partial charge in [0.15, 0.2) is 0 Å². The number of hydrogen-bond donors (Lipinski definition) is 1. The van der Waals surface area contributed by atoms with Crippen LogP contribution in [0.4, 0.5) is 10.2 Å². The summed E-state index contributed by atoms with van der Waals surface area (Å²) in [4.78, 5) is 14.0. The number of halogens is 1. The van der Waals surface area contributed by atoms with Gasteiger partial charge in [-0.05, 0) is 17.7 Å². The molecule has 3 heterocycles. The first-order valence-electron chi connectivity index (χ1n) is 8.27. The van der Waals surface area contributed by atoms with Gasteiger partial charge in [0.2, 0.25) is 0 Å². The molecule has 0 radical (unpaired) electrons. The Labute approximate surface area is 144 Å². The summed E-state index contributed by atoms with van der Waals surface area (Å²) in [5.74, 6) is 0.795. The highest BCUT2D eigenvalue weighted by molar-refractivity contribution is 7.17. The first-order valence-corrected chi connectivity index (χ1v) is 9.15. The molecule has 4 rings (SSSR count). The van der Waals surface area contributed by atoms with Gasteiger partial charge in [0.05, 0.1) is 32.1 Å². The van der Waals surface area contributed by atoms with Crippen molar-refractivity contribution >= 4 is 27.4 Å². The lowest BCUT2D eigenvalue weighted by Gasteiger charge is -2.21. The van der Waals surface area contributed by atoms with Gasteiger partial charge in [-0.1, -0.05) is 12.1 Å². The molecule has 1 fully saturated rings. The van der Waals surface area contributed by atoms with Gasteiger partial charge in [-0.2, -0.15) is 0 Å². The molecule has 0 spiro atoms. The van der Waals surface area contributed by atoms with E-state index in [-0.39, 0.29) is 5.82 Å². The fourth-order valence-electron chi connectivity index (χ4n) is 3.29. The molecule has 0 bridgehead atoms. The topological polar surface area (TPSA) is 33.5 Å². The maximum absolute atomic E-state index is 13.3. The minimum absolute atomic E-state index is 0.215. The molecule has 0 amide bonds. The summed E-state index contributed by atoms with van der Waals surface area (Å²) < 4.78 is 13.3. The van der Waals surface area contributed by atoms with E-state index in [4.69, 9.17) is 0 Å². The third-order valence-electron chi connectivity index (χ3n) is 4.65. The molecule has 0 aliphatic carbocycles. The fraction of sp³-hybridized carbons (Fsp3) is 0.333. The first-order chi connectivity index (χ1) is 11.7. The van der Waals surface area contributed by atoms with E-state index in [0.717, 1.165) is 53.2 Å². The third-order valence-corrected chi connectivity index (χ3v) is 5.53. The minimum Gasteiger partial charge on any atom is -0.350 e. The Morgan fingerprint density at radius 1 is 1.12 bits per heavy atom. The second kappa shape index (κ2) is 6.45. The number of nitrogens with one attached hydrogen (secondary N) is 1. The quantitative estimate of drug-likeness (QED) is 0.775. The molecular formula is C18H20FN4S+. The predicted octanol–water partition coefficient (Wildman–Crippen LogP) is 2.22. The van der Waals surface area contributed by atoms with Crippen molar-refractivity contribution < 1.29 is 9.29 Å². The van der Waals surface area contributed by atoms with Gasteiger partial charge in [0.25, 0.3) is 0 Å². The Morgan fingerprint density at radius 2 is 1.96 bits per heavy atom. The average Bonchev–Trinajstić information content (AvgIpc) is 2.91. The Balaban J connectivity index is 1.81. The summed E-state index contributed by atoms with van der Waals surface area (Å²) in [6.45, 7) is 4.32. The maximum atomic E-state index is 13.3. The normalized spacial score (nSPS) is 18.8. The number of rotatable bonds is 2. The molecule has 1 N–H and O–H groups in total. The number of benzene rings is 1. The summed E-state index contributed by atoms with van der Waals surface area (Å²) >= 11 is 1.62. The van der Waals surface area contributed by atoms with Crippen LogP contribution in [0.25, 0.3) is 21.3 Å². The smallest absolute Gasteiger partial charge is 0.141 e. The molecule has 124 valence electrons. The fourth-order valence-corrected chi connectivity index (χ4v) is 4.20. The van der Waals surface area contributed by atoms with E-state index < -0.39 is 0 Å². The highest BCUT2D eigenvalue weighted by atomic mass is 32.1. The van der Waals surface area contributed by atoms with Crippen LogP contribution in [0.15, 0.2) is 36.0 Å². The first kappa shape index (κ1) is 15.5. The van der Waals surface area contributed by atoms with E-state index in [0.29, 0.717) is 0 Å². The number of anilines is 1. The van der Waals surface area contributed by atoms with Gasteiger partial charge in [-0.15, -0.1) is 11.3 Å². The monoisotopic (exact) mass is 343 g/mol. The van der Waals surface area contributed by atoms with Gasteiger partial charge >= 0.3 is 0 Å². The molecule has 1 aromatic carbocycles. The maximum Gasteiger partial charge on any atom is 0.141 e. The molecule has 1 aliphatic rings. The summed E-state index contributed by atoms with van der Waals surface area (Å²) in [5, 5.41) is 3.19. The molecule has 1 unspecified atom stereocenters. The SMILES string of the molecule is C[NH+]1CCCN(c2ncnc3scc(-c4ccc(F)cc4)c23)CC1. The molecule has 3 aromatic rings. The molecule has 1 saturated heterocycles. The highest BCUT2D eigenvalue weighted by Gasteiger charge is 2.21. The van der Waals surface area contributed by atoms with E-state index in [9.17, 15) is 4.39 Å². The van der Waals surface area contributed by atoms with Gasteiger partial charge in [0, 0.05) is 23.9 Å². The van der Waals surface area contributed by atoms with Crippen molar-refractivity contribution in [1.29, 1.82) is 0 Å². The summed E-state index contributed by atoms with van der Waals surface area (Å²) in [5.41, 5.74) is 2.10. The zero-order valence-electron chi connectivity index (χ0n) is 13.6. The highest BCUT2D eigenvalue weighted by Crippen LogP contribution is 2.37. The van der Waals surface area contributed by atoms with E-state index in [2.05, 4.69) is 27.3 Å². The summed E-state index contributed by atoms with van der Waals surface area (Å²) in [7, 11) is 2.24. The molecule has 1 atom stereocenters. The largest absolute Gasteiger partial charge is 0.350 e. The summed E-state index contributed by atoms with van der Waals surface area (Å²) in [6, 6.07) is 6.67. The Bertz CT molecular complexity index is 846. The number of likely N-dealkylation sites (N-methyl/N-ethyl adjacent to an activating group) is 1. The van der Waals surface area contributed by atoms with Crippen LogP contribution in [-0.2, 0) is 0 Å². The van der Waals surface area contributed by atoms with Crippen LogP contribution < -0.4 is 9.80 Å². The van der Waals surface area contributed by atoms with Crippen molar-refractivity contribution in [1.82, 2.24) is 9.97 Å². The number of hydrogen-bond acceptors (Lipinski definition) is 4. The zero-order valence-corrected chi connectivity index (χ0v) is 14.4. The van der Waals surface area contributed by atoms with Crippen LogP contribution in [0.5, 0.6) is 0 Å². The van der Waals surface area contributed by atoms with Gasteiger partial charge in [0.1, 0.15) is 22.8 Å². The lowest BCUT2D eigenvalue weighted by atomic mass is 10.1. The molecule has 2 aromatic heterocycles. The van der Waals surface area contributed by atoms with Crippen molar-refractivity contribution in [3.63, 3.8) is 0 Å². The van der Waals surface area contributed by atoms with Crippen molar-refractivity contribution in [2.75, 3.05) is 38.1 Å². The van der Waals surface area contributed by atoms with Crippen LogP contribution in [0.3, 0.4) is 0 Å². The molecule has 0 saturated carbocycles. The van der Waals surface area contributed by atoms with Crippen molar-refractivity contribution in [2.24, 2.45) is 0 Å². The van der Waals surface area contributed by atoms with Crippen LogP contribution in [0, 0.1) is 5.82 Å². The van der Waals surface area contributed by atoms with Crippen molar-refractivity contribution in [3.8, 4) is 11.1 Å². The Kier molecular flexibility index (Phi) is 4.16. The number of aromatic nitrogens is 2. The second-order valence-electron chi connectivity index (χ2n) is 6.33.